The van der Waals surface area contributed by atoms with Crippen LogP contribution < -0.4 is 4.74 Å². The molecule has 2 rings (SSSR count). The van der Waals surface area contributed by atoms with E-state index in [4.69, 9.17) is 4.74 Å². The van der Waals surface area contributed by atoms with Crippen molar-refractivity contribution in [1.82, 2.24) is 4.98 Å². The molecule has 3 nitrogen and oxygen atoms in total. The zero-order valence-corrected chi connectivity index (χ0v) is 11.4. The van der Waals surface area contributed by atoms with E-state index in [2.05, 4.69) is 18.8 Å². The van der Waals surface area contributed by atoms with Crippen LogP contribution in [-0.2, 0) is 5.60 Å². The van der Waals surface area contributed by atoms with Crippen molar-refractivity contribution >= 4 is 0 Å². The van der Waals surface area contributed by atoms with Gasteiger partial charge in [0.1, 0.15) is 5.75 Å². The lowest BCUT2D eigenvalue weighted by Crippen LogP contribution is -2.32. The first kappa shape index (κ1) is 13.3. The van der Waals surface area contributed by atoms with Crippen molar-refractivity contribution in [1.29, 1.82) is 0 Å². The highest BCUT2D eigenvalue weighted by Gasteiger charge is 2.34. The molecular formula is C15H23NO2. The molecule has 1 N–H and O–H groups in total. The molecule has 2 atom stereocenters. The molecule has 0 spiro atoms. The summed E-state index contributed by atoms with van der Waals surface area (Å²) in [5.74, 6) is 1.34. The van der Waals surface area contributed by atoms with E-state index in [1.54, 1.807) is 12.4 Å². The minimum Gasteiger partial charge on any atom is -0.492 e. The molecule has 18 heavy (non-hydrogen) atoms. The number of hydrogen-bond acceptors (Lipinski definition) is 3. The fourth-order valence-electron chi connectivity index (χ4n) is 2.76. The molecule has 1 fully saturated rings. The Balaban J connectivity index is 2.16. The van der Waals surface area contributed by atoms with Crippen LogP contribution in [0.15, 0.2) is 18.5 Å². The fraction of sp³-hybridized carbons (Fsp3) is 0.667. The number of rotatable bonds is 4. The van der Waals surface area contributed by atoms with Crippen LogP contribution in [0.3, 0.4) is 0 Å². The van der Waals surface area contributed by atoms with Crippen LogP contribution in [-0.4, -0.2) is 16.7 Å². The monoisotopic (exact) mass is 249 g/mol. The molecule has 1 aromatic rings. The van der Waals surface area contributed by atoms with Gasteiger partial charge in [0.05, 0.1) is 18.4 Å². The Bertz CT molecular complexity index is 394. The van der Waals surface area contributed by atoms with Gasteiger partial charge in [-0.2, -0.15) is 0 Å². The Hall–Kier alpha value is -1.09. The Labute approximate surface area is 109 Å². The zero-order valence-electron chi connectivity index (χ0n) is 11.4. The molecule has 0 saturated heterocycles. The molecule has 0 amide bonds. The maximum absolute atomic E-state index is 10.8. The standard InChI is InChI=1S/C15H23NO2/c1-3-7-18-14-8-13(10-16-11-14)15(17)6-4-5-12(2)9-15/h8,10-12,17H,3-7,9H2,1-2H3. The SMILES string of the molecule is CCCOc1cncc(C2(O)CCCC(C)C2)c1. The number of aromatic nitrogens is 1. The molecule has 1 saturated carbocycles. The Morgan fingerprint density at radius 1 is 1.50 bits per heavy atom. The molecule has 1 aliphatic carbocycles. The average molecular weight is 249 g/mol. The molecular weight excluding hydrogens is 226 g/mol. The van der Waals surface area contributed by atoms with Crippen LogP contribution in [0.1, 0.15) is 51.5 Å². The highest BCUT2D eigenvalue weighted by Crippen LogP contribution is 2.40. The molecule has 1 aliphatic rings. The third-order valence-corrected chi connectivity index (χ3v) is 3.70. The van der Waals surface area contributed by atoms with Crippen molar-refractivity contribution in [2.75, 3.05) is 6.61 Å². The second-order valence-corrected chi connectivity index (χ2v) is 5.49. The Morgan fingerprint density at radius 3 is 3.06 bits per heavy atom. The fourth-order valence-corrected chi connectivity index (χ4v) is 2.76. The average Bonchev–Trinajstić information content (AvgIpc) is 2.36. The van der Waals surface area contributed by atoms with Crippen LogP contribution >= 0.6 is 0 Å². The summed E-state index contributed by atoms with van der Waals surface area (Å²) in [6, 6.07) is 1.95. The molecule has 0 bridgehead atoms. The van der Waals surface area contributed by atoms with Crippen LogP contribution in [0.2, 0.25) is 0 Å². The van der Waals surface area contributed by atoms with Crippen molar-refractivity contribution in [3.05, 3.63) is 24.0 Å². The van der Waals surface area contributed by atoms with E-state index in [0.717, 1.165) is 37.0 Å². The van der Waals surface area contributed by atoms with E-state index in [-0.39, 0.29) is 0 Å². The highest BCUT2D eigenvalue weighted by molar-refractivity contribution is 5.28. The summed E-state index contributed by atoms with van der Waals surface area (Å²) in [5, 5.41) is 10.8. The van der Waals surface area contributed by atoms with Gasteiger partial charge in [0.2, 0.25) is 0 Å². The highest BCUT2D eigenvalue weighted by atomic mass is 16.5. The maximum Gasteiger partial charge on any atom is 0.137 e. The predicted molar refractivity (Wildman–Crippen MR) is 71.6 cm³/mol. The van der Waals surface area contributed by atoms with Gasteiger partial charge in [-0.05, 0) is 37.7 Å². The van der Waals surface area contributed by atoms with Crippen LogP contribution in [0, 0.1) is 5.92 Å². The molecule has 1 aromatic heterocycles. The molecule has 100 valence electrons. The maximum atomic E-state index is 10.8. The van der Waals surface area contributed by atoms with Crippen LogP contribution in [0.5, 0.6) is 5.75 Å². The number of ether oxygens (including phenoxy) is 1. The van der Waals surface area contributed by atoms with E-state index in [9.17, 15) is 5.11 Å². The molecule has 0 aliphatic heterocycles. The molecule has 1 heterocycles. The molecule has 3 heteroatoms. The molecule has 0 aromatic carbocycles. The van der Waals surface area contributed by atoms with Gasteiger partial charge in [0.25, 0.3) is 0 Å². The number of aliphatic hydroxyl groups is 1. The summed E-state index contributed by atoms with van der Waals surface area (Å²) in [5.41, 5.74) is 0.193. The molecule has 0 radical (unpaired) electrons. The summed E-state index contributed by atoms with van der Waals surface area (Å²) in [4.78, 5) is 4.20. The number of pyridine rings is 1. The summed E-state index contributed by atoms with van der Waals surface area (Å²) >= 11 is 0. The van der Waals surface area contributed by atoms with E-state index < -0.39 is 5.60 Å². The van der Waals surface area contributed by atoms with Crippen molar-refractivity contribution in [3.8, 4) is 5.75 Å². The van der Waals surface area contributed by atoms with Crippen molar-refractivity contribution in [2.45, 2.75) is 51.6 Å². The summed E-state index contributed by atoms with van der Waals surface area (Å²) in [6.07, 6.45) is 8.42. The van der Waals surface area contributed by atoms with Gasteiger partial charge in [0, 0.05) is 11.8 Å². The predicted octanol–water partition coefficient (Wildman–Crippen LogP) is 3.27. The Morgan fingerprint density at radius 2 is 2.33 bits per heavy atom. The lowest BCUT2D eigenvalue weighted by Gasteiger charge is -2.35. The van der Waals surface area contributed by atoms with Crippen molar-refractivity contribution in [2.24, 2.45) is 5.92 Å². The van der Waals surface area contributed by atoms with Gasteiger partial charge in [-0.25, -0.2) is 0 Å². The number of nitrogens with zero attached hydrogens (tertiary/aromatic N) is 1. The van der Waals surface area contributed by atoms with E-state index in [1.165, 1.54) is 6.42 Å². The third kappa shape index (κ3) is 3.02. The summed E-state index contributed by atoms with van der Waals surface area (Å²) in [6.45, 7) is 4.97. The lowest BCUT2D eigenvalue weighted by molar-refractivity contribution is -0.0183. The van der Waals surface area contributed by atoms with E-state index >= 15 is 0 Å². The van der Waals surface area contributed by atoms with Crippen LogP contribution in [0.25, 0.3) is 0 Å². The largest absolute Gasteiger partial charge is 0.492 e. The minimum atomic E-state index is -0.712. The van der Waals surface area contributed by atoms with Gasteiger partial charge >= 0.3 is 0 Å². The van der Waals surface area contributed by atoms with Gasteiger partial charge in [-0.1, -0.05) is 20.3 Å². The van der Waals surface area contributed by atoms with Gasteiger partial charge in [-0.3, -0.25) is 4.98 Å². The smallest absolute Gasteiger partial charge is 0.137 e. The van der Waals surface area contributed by atoms with Crippen LogP contribution in [0.4, 0.5) is 0 Å². The van der Waals surface area contributed by atoms with Gasteiger partial charge < -0.3 is 9.84 Å². The first-order valence-corrected chi connectivity index (χ1v) is 6.95. The normalized spacial score (nSPS) is 28.1. The van der Waals surface area contributed by atoms with E-state index in [1.807, 2.05) is 6.07 Å². The summed E-state index contributed by atoms with van der Waals surface area (Å²) < 4.78 is 5.58. The Kier molecular flexibility index (Phi) is 4.23. The lowest BCUT2D eigenvalue weighted by atomic mass is 9.75. The third-order valence-electron chi connectivity index (χ3n) is 3.70. The first-order chi connectivity index (χ1) is 8.64. The quantitative estimate of drug-likeness (QED) is 0.890. The first-order valence-electron chi connectivity index (χ1n) is 6.95. The zero-order chi connectivity index (χ0) is 13.0. The second kappa shape index (κ2) is 5.70. The minimum absolute atomic E-state index is 0.573. The number of hydrogen-bond donors (Lipinski definition) is 1. The van der Waals surface area contributed by atoms with E-state index in [0.29, 0.717) is 12.5 Å². The van der Waals surface area contributed by atoms with Crippen molar-refractivity contribution in [3.63, 3.8) is 0 Å². The van der Waals surface area contributed by atoms with Crippen molar-refractivity contribution < 1.29 is 9.84 Å². The molecule has 2 unspecified atom stereocenters. The second-order valence-electron chi connectivity index (χ2n) is 5.49. The topological polar surface area (TPSA) is 42.4 Å². The van der Waals surface area contributed by atoms with Gasteiger partial charge in [0.15, 0.2) is 0 Å². The summed E-state index contributed by atoms with van der Waals surface area (Å²) in [7, 11) is 0. The van der Waals surface area contributed by atoms with Gasteiger partial charge in [-0.15, -0.1) is 0 Å².